The molecule has 3 aliphatic heterocycles. The van der Waals surface area contributed by atoms with Crippen LogP contribution < -0.4 is 0 Å². The van der Waals surface area contributed by atoms with Crippen molar-refractivity contribution in [2.75, 3.05) is 13.2 Å². The van der Waals surface area contributed by atoms with E-state index in [0.29, 0.717) is 5.92 Å². The Hall–Kier alpha value is -1.25. The molecule has 0 radical (unpaired) electrons. The Morgan fingerprint density at radius 2 is 1.81 bits per heavy atom. The first-order valence-electron chi connectivity index (χ1n) is 8.22. The molecule has 0 amide bonds. The number of rotatable bonds is 2. The van der Waals surface area contributed by atoms with Gasteiger partial charge in [0.1, 0.15) is 11.5 Å². The van der Waals surface area contributed by atoms with Crippen LogP contribution in [0, 0.1) is 16.7 Å². The standard InChI is InChI=1S/C16H23NO2.C2H6/c1-6-11-13(10(2)3)14-16(5)12(7-17-11)18-8-15(16,4)9-19-14;1-2/h7,10H,6,8-9H2,1-5H3;1-2H3. The van der Waals surface area contributed by atoms with E-state index in [2.05, 4.69) is 39.6 Å². The van der Waals surface area contributed by atoms with Crippen molar-refractivity contribution in [1.29, 1.82) is 0 Å². The van der Waals surface area contributed by atoms with Gasteiger partial charge in [-0.1, -0.05) is 41.5 Å². The minimum absolute atomic E-state index is 0.0347. The third-order valence-corrected chi connectivity index (χ3v) is 5.04. The van der Waals surface area contributed by atoms with Gasteiger partial charge in [-0.3, -0.25) is 4.99 Å². The van der Waals surface area contributed by atoms with E-state index in [1.807, 2.05) is 20.0 Å². The highest BCUT2D eigenvalue weighted by atomic mass is 16.5. The molecule has 3 heteroatoms. The molecular weight excluding hydrogens is 262 g/mol. The zero-order chi connectivity index (χ0) is 15.8. The summed E-state index contributed by atoms with van der Waals surface area (Å²) in [6.07, 6.45) is 2.85. The Morgan fingerprint density at radius 3 is 2.38 bits per heavy atom. The van der Waals surface area contributed by atoms with Gasteiger partial charge in [-0.15, -0.1) is 0 Å². The molecule has 2 unspecified atom stereocenters. The minimum atomic E-state index is -0.146. The summed E-state index contributed by atoms with van der Waals surface area (Å²) in [5.41, 5.74) is 2.31. The van der Waals surface area contributed by atoms with E-state index in [0.717, 1.165) is 36.9 Å². The second-order valence-corrected chi connectivity index (χ2v) is 6.58. The van der Waals surface area contributed by atoms with Crippen molar-refractivity contribution in [3.05, 3.63) is 23.3 Å². The molecule has 0 bridgehead atoms. The molecule has 0 aromatic rings. The molecule has 3 nitrogen and oxygen atoms in total. The van der Waals surface area contributed by atoms with Gasteiger partial charge in [0, 0.05) is 11.3 Å². The lowest BCUT2D eigenvalue weighted by Gasteiger charge is -2.29. The monoisotopic (exact) mass is 291 g/mol. The van der Waals surface area contributed by atoms with Crippen LogP contribution in [0.5, 0.6) is 0 Å². The number of aliphatic imine (C=N–C) groups is 1. The van der Waals surface area contributed by atoms with Crippen LogP contribution in [-0.2, 0) is 9.47 Å². The average Bonchev–Trinajstić information content (AvgIpc) is 2.80. The summed E-state index contributed by atoms with van der Waals surface area (Å²) < 4.78 is 12.1. The van der Waals surface area contributed by atoms with E-state index in [1.54, 1.807) is 0 Å². The normalized spacial score (nSPS) is 33.3. The maximum absolute atomic E-state index is 6.16. The van der Waals surface area contributed by atoms with Crippen LogP contribution in [0.25, 0.3) is 0 Å². The Bertz CT molecular complexity index is 515. The summed E-state index contributed by atoms with van der Waals surface area (Å²) in [6, 6.07) is 0. The molecule has 2 saturated heterocycles. The van der Waals surface area contributed by atoms with E-state index in [-0.39, 0.29) is 10.8 Å². The van der Waals surface area contributed by atoms with Gasteiger partial charge < -0.3 is 9.47 Å². The largest absolute Gasteiger partial charge is 0.496 e. The van der Waals surface area contributed by atoms with Gasteiger partial charge in [0.25, 0.3) is 0 Å². The first kappa shape index (κ1) is 16.1. The first-order valence-corrected chi connectivity index (χ1v) is 8.22. The highest BCUT2D eigenvalue weighted by Gasteiger charge is 2.63. The molecule has 0 aromatic heterocycles. The third kappa shape index (κ3) is 2.04. The molecule has 3 rings (SSSR count). The van der Waals surface area contributed by atoms with E-state index in [1.165, 1.54) is 5.57 Å². The lowest BCUT2D eigenvalue weighted by Crippen LogP contribution is -2.33. The molecule has 2 fully saturated rings. The zero-order valence-electron chi connectivity index (χ0n) is 14.5. The summed E-state index contributed by atoms with van der Waals surface area (Å²) in [5.74, 6) is 2.50. The van der Waals surface area contributed by atoms with Crippen molar-refractivity contribution in [1.82, 2.24) is 0 Å². The number of allylic oxidation sites excluding steroid dienone is 1. The predicted octanol–water partition coefficient (Wildman–Crippen LogP) is 4.70. The molecule has 0 N–H and O–H groups in total. The fraction of sp³-hybridized carbons (Fsp3) is 0.722. The van der Waals surface area contributed by atoms with Crippen molar-refractivity contribution < 1.29 is 9.47 Å². The summed E-state index contributed by atoms with van der Waals surface area (Å²) in [7, 11) is 0. The topological polar surface area (TPSA) is 30.8 Å². The van der Waals surface area contributed by atoms with Crippen LogP contribution in [0.4, 0.5) is 0 Å². The van der Waals surface area contributed by atoms with Crippen LogP contribution in [0.1, 0.15) is 54.9 Å². The van der Waals surface area contributed by atoms with E-state index >= 15 is 0 Å². The molecule has 21 heavy (non-hydrogen) atoms. The number of nitrogens with zero attached hydrogens (tertiary/aromatic N) is 1. The molecule has 118 valence electrons. The number of ether oxygens (including phenoxy) is 2. The Morgan fingerprint density at radius 1 is 1.19 bits per heavy atom. The van der Waals surface area contributed by atoms with Crippen molar-refractivity contribution in [3.63, 3.8) is 0 Å². The molecule has 0 spiro atoms. The van der Waals surface area contributed by atoms with Gasteiger partial charge in [0.05, 0.1) is 30.2 Å². The Kier molecular flexibility index (Phi) is 4.23. The van der Waals surface area contributed by atoms with Crippen molar-refractivity contribution in [3.8, 4) is 0 Å². The minimum Gasteiger partial charge on any atom is -0.496 e. The molecule has 3 heterocycles. The van der Waals surface area contributed by atoms with Gasteiger partial charge in [0.15, 0.2) is 0 Å². The smallest absolute Gasteiger partial charge is 0.128 e. The quantitative estimate of drug-likeness (QED) is 0.738. The van der Waals surface area contributed by atoms with Gasteiger partial charge in [-0.25, -0.2) is 0 Å². The lowest BCUT2D eigenvalue weighted by atomic mass is 9.66. The second-order valence-electron chi connectivity index (χ2n) is 6.58. The van der Waals surface area contributed by atoms with Crippen molar-refractivity contribution >= 4 is 5.71 Å². The molecule has 0 saturated carbocycles. The molecule has 3 aliphatic rings. The van der Waals surface area contributed by atoms with Crippen LogP contribution >= 0.6 is 0 Å². The van der Waals surface area contributed by atoms with Gasteiger partial charge in [-0.2, -0.15) is 0 Å². The summed E-state index contributed by atoms with van der Waals surface area (Å²) >= 11 is 0. The van der Waals surface area contributed by atoms with E-state index in [4.69, 9.17) is 9.47 Å². The average molecular weight is 291 g/mol. The summed E-state index contributed by atoms with van der Waals surface area (Å²) in [5, 5.41) is 0. The highest BCUT2D eigenvalue weighted by Crippen LogP contribution is 2.62. The van der Waals surface area contributed by atoms with Crippen LogP contribution in [0.2, 0.25) is 0 Å². The van der Waals surface area contributed by atoms with Crippen LogP contribution in [0.15, 0.2) is 28.3 Å². The summed E-state index contributed by atoms with van der Waals surface area (Å²) in [4.78, 5) is 4.67. The Balaban J connectivity index is 0.000000774. The SMILES string of the molecule is CC.CCC1=NC=C2OCC3(C)COC(=C1C(C)C)C23C. The third-order valence-electron chi connectivity index (χ3n) is 5.04. The molecule has 0 aliphatic carbocycles. The number of hydrogen-bond acceptors (Lipinski definition) is 3. The molecule has 2 atom stereocenters. The predicted molar refractivity (Wildman–Crippen MR) is 87.1 cm³/mol. The summed E-state index contributed by atoms with van der Waals surface area (Å²) in [6.45, 7) is 16.6. The zero-order valence-corrected chi connectivity index (χ0v) is 14.5. The first-order chi connectivity index (χ1) is 9.94. The second kappa shape index (κ2) is 5.51. The fourth-order valence-electron chi connectivity index (χ4n) is 3.50. The maximum atomic E-state index is 6.16. The van der Waals surface area contributed by atoms with Crippen LogP contribution in [-0.4, -0.2) is 18.9 Å². The van der Waals surface area contributed by atoms with Gasteiger partial charge in [0.2, 0.25) is 0 Å². The van der Waals surface area contributed by atoms with Gasteiger partial charge >= 0.3 is 0 Å². The number of hydrogen-bond donors (Lipinski definition) is 0. The maximum Gasteiger partial charge on any atom is 0.128 e. The van der Waals surface area contributed by atoms with E-state index < -0.39 is 0 Å². The Labute approximate surface area is 129 Å². The molecule has 0 aromatic carbocycles. The van der Waals surface area contributed by atoms with Gasteiger partial charge in [-0.05, 0) is 19.3 Å². The van der Waals surface area contributed by atoms with Crippen LogP contribution in [0.3, 0.4) is 0 Å². The highest BCUT2D eigenvalue weighted by molar-refractivity contribution is 6.01. The fourth-order valence-corrected chi connectivity index (χ4v) is 3.50. The lowest BCUT2D eigenvalue weighted by molar-refractivity contribution is 0.129. The van der Waals surface area contributed by atoms with Crippen molar-refractivity contribution in [2.24, 2.45) is 21.7 Å². The van der Waals surface area contributed by atoms with E-state index in [9.17, 15) is 0 Å². The van der Waals surface area contributed by atoms with Crippen molar-refractivity contribution in [2.45, 2.75) is 54.9 Å². The molecular formula is C18H29NO2.